The Labute approximate surface area is 170 Å². The van der Waals surface area contributed by atoms with Gasteiger partial charge in [0.15, 0.2) is 0 Å². The molecule has 2 heterocycles. The molecule has 6 heteroatoms. The lowest BCUT2D eigenvalue weighted by molar-refractivity contribution is -0.117. The van der Waals surface area contributed by atoms with Crippen molar-refractivity contribution in [1.29, 1.82) is 0 Å². The van der Waals surface area contributed by atoms with Crippen molar-refractivity contribution in [3.8, 4) is 0 Å². The van der Waals surface area contributed by atoms with Crippen molar-refractivity contribution in [1.82, 2.24) is 14.8 Å². The van der Waals surface area contributed by atoms with Crippen LogP contribution < -0.4 is 5.32 Å². The summed E-state index contributed by atoms with van der Waals surface area (Å²) in [4.78, 5) is 33.5. The van der Waals surface area contributed by atoms with E-state index >= 15 is 0 Å². The highest BCUT2D eigenvalue weighted by atomic mass is 16.2. The molecule has 1 saturated heterocycles. The van der Waals surface area contributed by atoms with Crippen molar-refractivity contribution in [2.24, 2.45) is 0 Å². The van der Waals surface area contributed by atoms with Gasteiger partial charge in [0.25, 0.3) is 5.91 Å². The van der Waals surface area contributed by atoms with Crippen LogP contribution in [0.1, 0.15) is 16.1 Å². The highest BCUT2D eigenvalue weighted by Gasteiger charge is 2.24. The van der Waals surface area contributed by atoms with E-state index < -0.39 is 0 Å². The second kappa shape index (κ2) is 8.41. The third kappa shape index (κ3) is 4.60. The summed E-state index contributed by atoms with van der Waals surface area (Å²) in [7, 11) is 0. The summed E-state index contributed by atoms with van der Waals surface area (Å²) in [6.07, 6.45) is 0. The first-order chi connectivity index (χ1) is 14.1. The van der Waals surface area contributed by atoms with Gasteiger partial charge in [-0.3, -0.25) is 14.5 Å². The first kappa shape index (κ1) is 19.1. The summed E-state index contributed by atoms with van der Waals surface area (Å²) < 4.78 is 0. The Morgan fingerprint density at radius 3 is 2.41 bits per heavy atom. The molecule has 2 aromatic carbocycles. The summed E-state index contributed by atoms with van der Waals surface area (Å²) in [6, 6.07) is 19.2. The molecule has 29 heavy (non-hydrogen) atoms. The molecule has 0 atom stereocenters. The van der Waals surface area contributed by atoms with Crippen molar-refractivity contribution >= 4 is 28.4 Å². The Bertz CT molecular complexity index is 1020. The molecule has 0 bridgehead atoms. The molecule has 0 unspecified atom stereocenters. The third-order valence-electron chi connectivity index (χ3n) is 5.18. The van der Waals surface area contributed by atoms with Crippen LogP contribution in [0.2, 0.25) is 0 Å². The van der Waals surface area contributed by atoms with Crippen molar-refractivity contribution in [3.63, 3.8) is 0 Å². The topological polar surface area (TPSA) is 65.5 Å². The summed E-state index contributed by atoms with van der Waals surface area (Å²) in [5.41, 5.74) is 3.25. The van der Waals surface area contributed by atoms with E-state index in [0.717, 1.165) is 22.2 Å². The molecule has 1 aliphatic heterocycles. The Hall–Kier alpha value is -3.25. The molecule has 2 amide bonds. The van der Waals surface area contributed by atoms with Gasteiger partial charge < -0.3 is 10.2 Å². The van der Waals surface area contributed by atoms with Crippen LogP contribution in [0.5, 0.6) is 0 Å². The van der Waals surface area contributed by atoms with Crippen molar-refractivity contribution < 1.29 is 9.59 Å². The SMILES string of the molecule is Cc1ccc(NC(=O)CN2CCN(C(=O)c3ccc4ccccc4n3)CC2)cc1. The first-order valence-electron chi connectivity index (χ1n) is 9.82. The third-order valence-corrected chi connectivity index (χ3v) is 5.18. The van der Waals surface area contributed by atoms with E-state index in [1.54, 1.807) is 6.07 Å². The lowest BCUT2D eigenvalue weighted by Crippen LogP contribution is -2.50. The van der Waals surface area contributed by atoms with Crippen LogP contribution in [-0.4, -0.2) is 59.3 Å². The number of benzene rings is 2. The predicted molar refractivity (Wildman–Crippen MR) is 114 cm³/mol. The van der Waals surface area contributed by atoms with Gasteiger partial charge in [-0.25, -0.2) is 4.98 Å². The lowest BCUT2D eigenvalue weighted by atomic mass is 10.2. The van der Waals surface area contributed by atoms with Crippen molar-refractivity contribution in [2.45, 2.75) is 6.92 Å². The molecule has 0 saturated carbocycles. The van der Waals surface area contributed by atoms with Gasteiger partial charge in [0.05, 0.1) is 12.1 Å². The molecule has 148 valence electrons. The van der Waals surface area contributed by atoms with Crippen LogP contribution >= 0.6 is 0 Å². The summed E-state index contributed by atoms with van der Waals surface area (Å²) in [5, 5.41) is 3.94. The van der Waals surface area contributed by atoms with E-state index in [4.69, 9.17) is 0 Å². The number of nitrogens with zero attached hydrogens (tertiary/aromatic N) is 3. The molecule has 1 fully saturated rings. The van der Waals surface area contributed by atoms with Gasteiger partial charge in [-0.1, -0.05) is 42.0 Å². The van der Waals surface area contributed by atoms with Crippen LogP contribution in [-0.2, 0) is 4.79 Å². The predicted octanol–water partition coefficient (Wildman–Crippen LogP) is 2.94. The van der Waals surface area contributed by atoms with Crippen LogP contribution in [0.4, 0.5) is 5.69 Å². The highest BCUT2D eigenvalue weighted by Crippen LogP contribution is 2.14. The fourth-order valence-electron chi connectivity index (χ4n) is 3.50. The van der Waals surface area contributed by atoms with Crippen LogP contribution in [0.15, 0.2) is 60.7 Å². The molecule has 0 spiro atoms. The zero-order valence-electron chi connectivity index (χ0n) is 16.5. The molecular formula is C23H24N4O2. The average Bonchev–Trinajstić information content (AvgIpc) is 2.75. The first-order valence-corrected chi connectivity index (χ1v) is 9.82. The van der Waals surface area contributed by atoms with Crippen molar-refractivity contribution in [2.75, 3.05) is 38.0 Å². The van der Waals surface area contributed by atoms with E-state index in [0.29, 0.717) is 38.4 Å². The van der Waals surface area contributed by atoms with Crippen LogP contribution in [0, 0.1) is 6.92 Å². The summed E-state index contributed by atoms with van der Waals surface area (Å²) in [5.74, 6) is -0.0932. The molecule has 0 radical (unpaired) electrons. The van der Waals surface area contributed by atoms with E-state index in [9.17, 15) is 9.59 Å². The van der Waals surface area contributed by atoms with Gasteiger partial charge in [0.1, 0.15) is 5.69 Å². The summed E-state index contributed by atoms with van der Waals surface area (Å²) in [6.45, 7) is 4.85. The monoisotopic (exact) mass is 388 g/mol. The number of pyridine rings is 1. The fourth-order valence-corrected chi connectivity index (χ4v) is 3.50. The minimum absolute atomic E-state index is 0.0372. The van der Waals surface area contributed by atoms with E-state index in [2.05, 4.69) is 15.2 Å². The minimum atomic E-state index is -0.0560. The molecule has 1 aromatic heterocycles. The number of anilines is 1. The number of hydrogen-bond donors (Lipinski definition) is 1. The Morgan fingerprint density at radius 2 is 1.66 bits per heavy atom. The highest BCUT2D eigenvalue weighted by molar-refractivity contribution is 5.95. The molecular weight excluding hydrogens is 364 g/mol. The average molecular weight is 388 g/mol. The van der Waals surface area contributed by atoms with E-state index in [1.165, 1.54) is 0 Å². The van der Waals surface area contributed by atoms with Crippen LogP contribution in [0.25, 0.3) is 10.9 Å². The number of aromatic nitrogens is 1. The van der Waals surface area contributed by atoms with Gasteiger partial charge in [-0.05, 0) is 31.2 Å². The molecule has 3 aromatic rings. The molecule has 4 rings (SSSR count). The van der Waals surface area contributed by atoms with E-state index in [1.807, 2.05) is 66.4 Å². The smallest absolute Gasteiger partial charge is 0.272 e. The number of amides is 2. The van der Waals surface area contributed by atoms with Gasteiger partial charge >= 0.3 is 0 Å². The maximum atomic E-state index is 12.8. The summed E-state index contributed by atoms with van der Waals surface area (Å²) >= 11 is 0. The van der Waals surface area contributed by atoms with Gasteiger partial charge in [-0.2, -0.15) is 0 Å². The molecule has 1 aliphatic rings. The number of piperazine rings is 1. The normalized spacial score (nSPS) is 14.7. The van der Waals surface area contributed by atoms with E-state index in [-0.39, 0.29) is 11.8 Å². The number of para-hydroxylation sites is 1. The fraction of sp³-hybridized carbons (Fsp3) is 0.261. The number of hydrogen-bond acceptors (Lipinski definition) is 4. The minimum Gasteiger partial charge on any atom is -0.335 e. The number of carbonyl (C=O) groups is 2. The quantitative estimate of drug-likeness (QED) is 0.746. The standard InChI is InChI=1S/C23H24N4O2/c1-17-6-9-19(10-7-17)24-22(28)16-26-12-14-27(15-13-26)23(29)21-11-8-18-4-2-3-5-20(18)25-21/h2-11H,12-16H2,1H3,(H,24,28). The van der Waals surface area contributed by atoms with Crippen LogP contribution in [0.3, 0.4) is 0 Å². The van der Waals surface area contributed by atoms with Gasteiger partial charge in [0, 0.05) is 37.3 Å². The Kier molecular flexibility index (Phi) is 5.53. The zero-order chi connectivity index (χ0) is 20.2. The Balaban J connectivity index is 1.30. The molecule has 1 N–H and O–H groups in total. The lowest BCUT2D eigenvalue weighted by Gasteiger charge is -2.34. The number of carbonyl (C=O) groups excluding carboxylic acids is 2. The Morgan fingerprint density at radius 1 is 0.931 bits per heavy atom. The second-order valence-corrected chi connectivity index (χ2v) is 7.37. The molecule has 0 aliphatic carbocycles. The number of fused-ring (bicyclic) bond motifs is 1. The number of nitrogens with one attached hydrogen (secondary N) is 1. The second-order valence-electron chi connectivity index (χ2n) is 7.37. The maximum absolute atomic E-state index is 12.8. The van der Waals surface area contributed by atoms with Crippen molar-refractivity contribution in [3.05, 3.63) is 71.9 Å². The largest absolute Gasteiger partial charge is 0.335 e. The maximum Gasteiger partial charge on any atom is 0.272 e. The number of rotatable bonds is 4. The van der Waals surface area contributed by atoms with Gasteiger partial charge in [-0.15, -0.1) is 0 Å². The van der Waals surface area contributed by atoms with Gasteiger partial charge in [0.2, 0.25) is 5.91 Å². The molecule has 6 nitrogen and oxygen atoms in total. The zero-order valence-corrected chi connectivity index (χ0v) is 16.5. The number of aryl methyl sites for hydroxylation is 1.